The molecule has 394 valence electrons. The SMILES string of the molecule is CC/C=C/C/C=C/C/C=C/CCCCCCCCC(=O)NC(COP(=O)([O-])OCC[N+](C)(C)C)C(/C=C/CCCCCCCCCCCCC)OC(=O)CC/C=C/C/C=C\CCCCCCCC. The largest absolute Gasteiger partial charge is 0.756 e. The minimum absolute atomic E-state index is 0.0350. The van der Waals surface area contributed by atoms with Gasteiger partial charge in [-0.1, -0.05) is 210 Å². The molecule has 0 bridgehead atoms. The highest BCUT2D eigenvalue weighted by Gasteiger charge is 2.27. The Hall–Kier alpha value is -2.55. The zero-order valence-electron chi connectivity index (χ0n) is 44.8. The monoisotopic (exact) mass is 973 g/mol. The number of unbranched alkanes of at least 4 members (excludes halogenated alkanes) is 23. The Labute approximate surface area is 419 Å². The van der Waals surface area contributed by atoms with Crippen molar-refractivity contribution in [1.82, 2.24) is 5.32 Å². The van der Waals surface area contributed by atoms with Gasteiger partial charge >= 0.3 is 5.97 Å². The Morgan fingerprint density at radius 1 is 0.529 bits per heavy atom. The summed E-state index contributed by atoms with van der Waals surface area (Å²) in [6.07, 6.45) is 60.2. The van der Waals surface area contributed by atoms with Crippen molar-refractivity contribution in [3.8, 4) is 0 Å². The summed E-state index contributed by atoms with van der Waals surface area (Å²) < 4.78 is 30.1. The number of quaternary nitrogens is 1. The van der Waals surface area contributed by atoms with Crippen LogP contribution in [-0.4, -0.2) is 69.4 Å². The second-order valence-corrected chi connectivity index (χ2v) is 21.1. The van der Waals surface area contributed by atoms with Crippen molar-refractivity contribution in [2.45, 2.75) is 245 Å². The Balaban J connectivity index is 5.49. The van der Waals surface area contributed by atoms with Crippen LogP contribution in [-0.2, 0) is 27.9 Å². The minimum Gasteiger partial charge on any atom is -0.756 e. The van der Waals surface area contributed by atoms with E-state index in [1.807, 2.05) is 33.3 Å². The van der Waals surface area contributed by atoms with Gasteiger partial charge in [0.2, 0.25) is 5.91 Å². The third-order valence-corrected chi connectivity index (χ3v) is 12.8. The molecule has 0 aliphatic rings. The molecule has 3 unspecified atom stereocenters. The van der Waals surface area contributed by atoms with Crippen LogP contribution >= 0.6 is 7.82 Å². The number of allylic oxidation sites excluding steroid dienone is 11. The summed E-state index contributed by atoms with van der Waals surface area (Å²) in [7, 11) is 1.14. The number of nitrogens with zero attached hydrogens (tertiary/aromatic N) is 1. The van der Waals surface area contributed by atoms with Crippen molar-refractivity contribution in [1.29, 1.82) is 0 Å². The van der Waals surface area contributed by atoms with Crippen LogP contribution in [0, 0.1) is 0 Å². The Morgan fingerprint density at radius 2 is 0.956 bits per heavy atom. The molecule has 0 spiro atoms. The lowest BCUT2D eigenvalue weighted by Gasteiger charge is -2.30. The van der Waals surface area contributed by atoms with E-state index >= 15 is 0 Å². The van der Waals surface area contributed by atoms with Crippen LogP contribution < -0.4 is 10.2 Å². The number of rotatable bonds is 49. The lowest BCUT2D eigenvalue weighted by Crippen LogP contribution is -2.47. The summed E-state index contributed by atoms with van der Waals surface area (Å²) in [5.74, 6) is -0.637. The average molecular weight is 973 g/mol. The molecule has 0 aromatic rings. The average Bonchev–Trinajstić information content (AvgIpc) is 3.29. The number of phosphoric acid groups is 1. The maximum atomic E-state index is 13.5. The molecule has 68 heavy (non-hydrogen) atoms. The van der Waals surface area contributed by atoms with Crippen LogP contribution in [0.3, 0.4) is 0 Å². The van der Waals surface area contributed by atoms with Crippen LogP contribution in [0.25, 0.3) is 0 Å². The minimum atomic E-state index is -4.71. The first kappa shape index (κ1) is 65.5. The highest BCUT2D eigenvalue weighted by molar-refractivity contribution is 7.45. The van der Waals surface area contributed by atoms with Crippen molar-refractivity contribution in [3.05, 3.63) is 72.9 Å². The number of nitrogens with one attached hydrogen (secondary N) is 1. The van der Waals surface area contributed by atoms with Crippen LogP contribution in [0.15, 0.2) is 72.9 Å². The lowest BCUT2D eigenvalue weighted by atomic mass is 10.0. The number of amides is 1. The van der Waals surface area contributed by atoms with Crippen molar-refractivity contribution >= 4 is 19.7 Å². The highest BCUT2D eigenvalue weighted by atomic mass is 31.2. The van der Waals surface area contributed by atoms with Gasteiger partial charge < -0.3 is 28.5 Å². The Kier molecular flexibility index (Phi) is 46.3. The zero-order chi connectivity index (χ0) is 50.1. The molecule has 0 aliphatic carbocycles. The van der Waals surface area contributed by atoms with Crippen molar-refractivity contribution in [3.63, 3.8) is 0 Å². The van der Waals surface area contributed by atoms with Crippen molar-refractivity contribution in [2.24, 2.45) is 0 Å². The van der Waals surface area contributed by atoms with Gasteiger partial charge in [0.1, 0.15) is 19.3 Å². The number of carbonyl (C=O) groups excluding carboxylic acids is 2. The normalized spacial score (nSPS) is 14.4. The molecule has 3 atom stereocenters. The Bertz CT molecular complexity index is 1400. The fourth-order valence-corrected chi connectivity index (χ4v) is 8.31. The topological polar surface area (TPSA) is 114 Å². The number of esters is 1. The number of hydrogen-bond acceptors (Lipinski definition) is 7. The fourth-order valence-electron chi connectivity index (χ4n) is 7.59. The molecule has 0 aromatic heterocycles. The van der Waals surface area contributed by atoms with Crippen LogP contribution in [0.5, 0.6) is 0 Å². The smallest absolute Gasteiger partial charge is 0.306 e. The van der Waals surface area contributed by atoms with Gasteiger partial charge in [0.15, 0.2) is 0 Å². The molecule has 0 aromatic carbocycles. The molecule has 1 amide bonds. The van der Waals surface area contributed by atoms with E-state index in [1.54, 1.807) is 6.08 Å². The van der Waals surface area contributed by atoms with E-state index in [9.17, 15) is 19.0 Å². The van der Waals surface area contributed by atoms with E-state index in [0.717, 1.165) is 89.9 Å². The molecule has 0 heterocycles. The van der Waals surface area contributed by atoms with Gasteiger partial charge in [-0.15, -0.1) is 0 Å². The second kappa shape index (κ2) is 48.1. The molecule has 0 saturated heterocycles. The van der Waals surface area contributed by atoms with Crippen LogP contribution in [0.4, 0.5) is 0 Å². The Morgan fingerprint density at radius 3 is 1.44 bits per heavy atom. The van der Waals surface area contributed by atoms with Crippen molar-refractivity contribution < 1.29 is 37.3 Å². The predicted molar refractivity (Wildman–Crippen MR) is 288 cm³/mol. The molecule has 10 heteroatoms. The number of ether oxygens (including phenoxy) is 1. The van der Waals surface area contributed by atoms with Gasteiger partial charge in [0, 0.05) is 12.8 Å². The summed E-state index contributed by atoms with van der Waals surface area (Å²) in [4.78, 5) is 39.7. The maximum Gasteiger partial charge on any atom is 0.306 e. The first-order valence-electron chi connectivity index (χ1n) is 27.7. The van der Waals surface area contributed by atoms with E-state index in [2.05, 4.69) is 80.8 Å². The summed E-state index contributed by atoms with van der Waals surface area (Å²) >= 11 is 0. The van der Waals surface area contributed by atoms with E-state index in [0.29, 0.717) is 23.9 Å². The molecular formula is C58H105N2O7P. The molecule has 0 fully saturated rings. The third kappa shape index (κ3) is 48.5. The third-order valence-electron chi connectivity index (χ3n) is 11.9. The number of likely N-dealkylation sites (N-methyl/N-ethyl adjacent to an activating group) is 1. The molecule has 0 saturated carbocycles. The maximum absolute atomic E-state index is 13.5. The number of carbonyl (C=O) groups is 2. The molecule has 1 N–H and O–H groups in total. The standard InChI is InChI=1S/C58H105N2O7P/c1-7-10-13-16-19-22-25-28-29-30-33-35-38-41-44-47-50-57(61)59-55(54-66-68(63,64)65-53-52-60(4,5)6)56(49-46-43-40-37-34-31-26-23-20-17-14-11-8-2)67-58(62)51-48-45-42-39-36-32-27-24-21-18-15-12-9-3/h10,13,19,22,28-29,32,36,42,45-46,49,55-56H,7-9,11-12,14-18,20-21,23-27,30-31,33-35,37-41,43-44,47-48,50-54H2,1-6H3,(H-,59,61,63,64)/b13-10+,22-19+,29-28+,36-32-,45-42+,49-46+. The molecule has 0 rings (SSSR count). The van der Waals surface area contributed by atoms with Crippen LogP contribution in [0.2, 0.25) is 0 Å². The molecule has 0 radical (unpaired) electrons. The van der Waals surface area contributed by atoms with Gasteiger partial charge in [0.05, 0.1) is 33.8 Å². The van der Waals surface area contributed by atoms with Crippen LogP contribution in [0.1, 0.15) is 233 Å². The predicted octanol–water partition coefficient (Wildman–Crippen LogP) is 15.9. The molecular weight excluding hydrogens is 868 g/mol. The lowest BCUT2D eigenvalue weighted by molar-refractivity contribution is -0.870. The van der Waals surface area contributed by atoms with E-state index in [4.69, 9.17) is 13.8 Å². The van der Waals surface area contributed by atoms with E-state index in [1.165, 1.54) is 96.3 Å². The van der Waals surface area contributed by atoms with Crippen molar-refractivity contribution in [2.75, 3.05) is 40.9 Å². The first-order chi connectivity index (χ1) is 32.9. The van der Waals surface area contributed by atoms with Gasteiger partial charge in [-0.05, 0) is 83.1 Å². The highest BCUT2D eigenvalue weighted by Crippen LogP contribution is 2.38. The van der Waals surface area contributed by atoms with E-state index in [-0.39, 0.29) is 25.4 Å². The first-order valence-corrected chi connectivity index (χ1v) is 29.2. The van der Waals surface area contributed by atoms with E-state index < -0.39 is 32.5 Å². The van der Waals surface area contributed by atoms with Gasteiger partial charge in [-0.2, -0.15) is 0 Å². The van der Waals surface area contributed by atoms with Gasteiger partial charge in [-0.25, -0.2) is 0 Å². The summed E-state index contributed by atoms with van der Waals surface area (Å²) in [6.45, 7) is 6.66. The quantitative estimate of drug-likeness (QED) is 0.0212. The molecule has 0 aliphatic heterocycles. The zero-order valence-corrected chi connectivity index (χ0v) is 45.7. The summed E-state index contributed by atoms with van der Waals surface area (Å²) in [5.41, 5.74) is 0. The fraction of sp³-hybridized carbons (Fsp3) is 0.759. The molecule has 9 nitrogen and oxygen atoms in total. The van der Waals surface area contributed by atoms with Gasteiger partial charge in [-0.3, -0.25) is 14.2 Å². The second-order valence-electron chi connectivity index (χ2n) is 19.7. The summed E-state index contributed by atoms with van der Waals surface area (Å²) in [5, 5.41) is 2.99. The number of hydrogen-bond donors (Lipinski definition) is 1. The number of phosphoric ester groups is 1. The summed E-state index contributed by atoms with van der Waals surface area (Å²) in [6, 6.07) is -0.918. The van der Waals surface area contributed by atoms with Gasteiger partial charge in [0.25, 0.3) is 7.82 Å².